The maximum Gasteiger partial charge on any atom is 0.0588 e. The van der Waals surface area contributed by atoms with Crippen LogP contribution in [0.4, 0.5) is 0 Å². The van der Waals surface area contributed by atoms with Crippen molar-refractivity contribution < 1.29 is 4.74 Å². The SMILES string of the molecule is CCCC1CCC(NCC2CCOC2C)CC1. The lowest BCUT2D eigenvalue weighted by Crippen LogP contribution is -2.37. The van der Waals surface area contributed by atoms with Gasteiger partial charge in [-0.3, -0.25) is 0 Å². The van der Waals surface area contributed by atoms with Gasteiger partial charge in [0.1, 0.15) is 0 Å². The van der Waals surface area contributed by atoms with Crippen molar-refractivity contribution >= 4 is 0 Å². The molecule has 2 aliphatic rings. The molecule has 0 aromatic heterocycles. The van der Waals surface area contributed by atoms with Crippen LogP contribution in [0.25, 0.3) is 0 Å². The van der Waals surface area contributed by atoms with Crippen molar-refractivity contribution in [2.75, 3.05) is 13.2 Å². The molecule has 1 saturated carbocycles. The summed E-state index contributed by atoms with van der Waals surface area (Å²) in [6.45, 7) is 6.67. The molecular weight excluding hydrogens is 210 g/mol. The van der Waals surface area contributed by atoms with Gasteiger partial charge >= 0.3 is 0 Å². The highest BCUT2D eigenvalue weighted by atomic mass is 16.5. The Morgan fingerprint density at radius 1 is 1.12 bits per heavy atom. The maximum absolute atomic E-state index is 5.61. The summed E-state index contributed by atoms with van der Waals surface area (Å²) in [6.07, 6.45) is 10.2. The Morgan fingerprint density at radius 2 is 1.88 bits per heavy atom. The van der Waals surface area contributed by atoms with E-state index in [1.54, 1.807) is 0 Å². The van der Waals surface area contributed by atoms with Crippen LogP contribution in [0.5, 0.6) is 0 Å². The van der Waals surface area contributed by atoms with Crippen molar-refractivity contribution in [2.45, 2.75) is 70.9 Å². The van der Waals surface area contributed by atoms with Crippen molar-refractivity contribution in [3.05, 3.63) is 0 Å². The smallest absolute Gasteiger partial charge is 0.0588 e. The number of hydrogen-bond acceptors (Lipinski definition) is 2. The maximum atomic E-state index is 5.61. The van der Waals surface area contributed by atoms with E-state index in [2.05, 4.69) is 19.2 Å². The van der Waals surface area contributed by atoms with Gasteiger partial charge in [0.05, 0.1) is 6.10 Å². The van der Waals surface area contributed by atoms with Gasteiger partial charge in [-0.05, 0) is 50.9 Å². The first-order valence-corrected chi connectivity index (χ1v) is 7.64. The lowest BCUT2D eigenvalue weighted by atomic mass is 9.83. The summed E-state index contributed by atoms with van der Waals surface area (Å²) in [5.41, 5.74) is 0. The van der Waals surface area contributed by atoms with Gasteiger partial charge in [0, 0.05) is 19.2 Å². The molecule has 17 heavy (non-hydrogen) atoms. The van der Waals surface area contributed by atoms with Crippen LogP contribution >= 0.6 is 0 Å². The molecule has 2 heteroatoms. The summed E-state index contributed by atoms with van der Waals surface area (Å²) in [7, 11) is 0. The fourth-order valence-electron chi connectivity index (χ4n) is 3.43. The van der Waals surface area contributed by atoms with Gasteiger partial charge in [-0.2, -0.15) is 0 Å². The molecule has 0 bridgehead atoms. The quantitative estimate of drug-likeness (QED) is 0.794. The fourth-order valence-corrected chi connectivity index (χ4v) is 3.43. The summed E-state index contributed by atoms with van der Waals surface area (Å²) in [6, 6.07) is 0.788. The predicted molar refractivity (Wildman–Crippen MR) is 72.2 cm³/mol. The van der Waals surface area contributed by atoms with Gasteiger partial charge in [0.15, 0.2) is 0 Å². The van der Waals surface area contributed by atoms with Gasteiger partial charge in [0.2, 0.25) is 0 Å². The van der Waals surface area contributed by atoms with Crippen LogP contribution in [-0.4, -0.2) is 25.3 Å². The van der Waals surface area contributed by atoms with E-state index in [1.807, 2.05) is 0 Å². The van der Waals surface area contributed by atoms with Crippen molar-refractivity contribution in [1.82, 2.24) is 5.32 Å². The number of rotatable bonds is 5. The zero-order chi connectivity index (χ0) is 12.1. The predicted octanol–water partition coefficient (Wildman–Crippen LogP) is 3.36. The first-order chi connectivity index (χ1) is 8.29. The molecule has 100 valence electrons. The number of nitrogens with one attached hydrogen (secondary N) is 1. The molecule has 0 aromatic rings. The molecule has 1 aliphatic carbocycles. The standard InChI is InChI=1S/C15H29NO/c1-3-4-13-5-7-15(8-6-13)16-11-14-9-10-17-12(14)2/h12-16H,3-11H2,1-2H3. The van der Waals surface area contributed by atoms with E-state index in [-0.39, 0.29) is 0 Å². The summed E-state index contributed by atoms with van der Waals surface area (Å²) >= 11 is 0. The molecule has 0 amide bonds. The fraction of sp³-hybridized carbons (Fsp3) is 1.00. The van der Waals surface area contributed by atoms with Crippen LogP contribution in [0.1, 0.15) is 58.8 Å². The Morgan fingerprint density at radius 3 is 2.47 bits per heavy atom. The second-order valence-corrected chi connectivity index (χ2v) is 6.04. The minimum absolute atomic E-state index is 0.471. The highest BCUT2D eigenvalue weighted by molar-refractivity contribution is 4.80. The average molecular weight is 239 g/mol. The molecule has 0 spiro atoms. The van der Waals surface area contributed by atoms with E-state index >= 15 is 0 Å². The van der Waals surface area contributed by atoms with Gasteiger partial charge in [0.25, 0.3) is 0 Å². The van der Waals surface area contributed by atoms with Crippen LogP contribution in [0, 0.1) is 11.8 Å². The molecule has 2 nitrogen and oxygen atoms in total. The van der Waals surface area contributed by atoms with Crippen LogP contribution in [-0.2, 0) is 4.74 Å². The first-order valence-electron chi connectivity index (χ1n) is 7.64. The highest BCUT2D eigenvalue weighted by Gasteiger charge is 2.26. The van der Waals surface area contributed by atoms with Crippen LogP contribution < -0.4 is 5.32 Å². The molecule has 2 rings (SSSR count). The van der Waals surface area contributed by atoms with E-state index < -0.39 is 0 Å². The first kappa shape index (κ1) is 13.4. The normalized spacial score (nSPS) is 38.5. The molecule has 2 atom stereocenters. The molecule has 0 radical (unpaired) electrons. The number of hydrogen-bond donors (Lipinski definition) is 1. The summed E-state index contributed by atoms with van der Waals surface area (Å²) in [4.78, 5) is 0. The minimum Gasteiger partial charge on any atom is -0.378 e. The second kappa shape index (κ2) is 6.75. The lowest BCUT2D eigenvalue weighted by Gasteiger charge is -2.30. The van der Waals surface area contributed by atoms with Gasteiger partial charge in [-0.1, -0.05) is 19.8 Å². The molecule has 0 aromatic carbocycles. The highest BCUT2D eigenvalue weighted by Crippen LogP contribution is 2.28. The summed E-state index contributed by atoms with van der Waals surface area (Å²) < 4.78 is 5.61. The molecule has 2 fully saturated rings. The lowest BCUT2D eigenvalue weighted by molar-refractivity contribution is 0.104. The largest absolute Gasteiger partial charge is 0.378 e. The Hall–Kier alpha value is -0.0800. The topological polar surface area (TPSA) is 21.3 Å². The van der Waals surface area contributed by atoms with Crippen LogP contribution in [0.15, 0.2) is 0 Å². The van der Waals surface area contributed by atoms with E-state index in [9.17, 15) is 0 Å². The van der Waals surface area contributed by atoms with Crippen molar-refractivity contribution in [1.29, 1.82) is 0 Å². The summed E-state index contributed by atoms with van der Waals surface area (Å²) in [5.74, 6) is 1.77. The molecule has 1 heterocycles. The zero-order valence-corrected chi connectivity index (χ0v) is 11.6. The Kier molecular flexibility index (Phi) is 5.30. The molecular formula is C15H29NO. The molecule has 1 aliphatic heterocycles. The van der Waals surface area contributed by atoms with Gasteiger partial charge < -0.3 is 10.1 Å². The van der Waals surface area contributed by atoms with E-state index in [4.69, 9.17) is 4.74 Å². The second-order valence-electron chi connectivity index (χ2n) is 6.04. The summed E-state index contributed by atoms with van der Waals surface area (Å²) in [5, 5.41) is 3.78. The van der Waals surface area contributed by atoms with Crippen molar-refractivity contribution in [3.8, 4) is 0 Å². The molecule has 1 saturated heterocycles. The van der Waals surface area contributed by atoms with E-state index in [0.717, 1.165) is 24.5 Å². The Labute approximate surface area is 107 Å². The minimum atomic E-state index is 0.471. The Balaban J connectivity index is 1.61. The monoisotopic (exact) mass is 239 g/mol. The third-order valence-electron chi connectivity index (χ3n) is 4.75. The van der Waals surface area contributed by atoms with Gasteiger partial charge in [-0.25, -0.2) is 0 Å². The zero-order valence-electron chi connectivity index (χ0n) is 11.6. The average Bonchev–Trinajstić information content (AvgIpc) is 2.75. The van der Waals surface area contributed by atoms with E-state index in [1.165, 1.54) is 51.5 Å². The van der Waals surface area contributed by atoms with Crippen LogP contribution in [0.3, 0.4) is 0 Å². The van der Waals surface area contributed by atoms with Crippen molar-refractivity contribution in [3.63, 3.8) is 0 Å². The third-order valence-corrected chi connectivity index (χ3v) is 4.75. The Bertz CT molecular complexity index is 211. The third kappa shape index (κ3) is 3.96. The van der Waals surface area contributed by atoms with Gasteiger partial charge in [-0.15, -0.1) is 0 Å². The number of ether oxygens (including phenoxy) is 1. The molecule has 2 unspecified atom stereocenters. The molecule has 1 N–H and O–H groups in total. The van der Waals surface area contributed by atoms with Crippen LogP contribution in [0.2, 0.25) is 0 Å². The van der Waals surface area contributed by atoms with Crippen molar-refractivity contribution in [2.24, 2.45) is 11.8 Å². The van der Waals surface area contributed by atoms with E-state index in [0.29, 0.717) is 6.10 Å².